The molecule has 2 N–H and O–H groups in total. The minimum absolute atomic E-state index is 0.0184. The van der Waals surface area contributed by atoms with Gasteiger partial charge in [0, 0.05) is 12.6 Å². The van der Waals surface area contributed by atoms with Crippen molar-refractivity contribution in [3.63, 3.8) is 0 Å². The van der Waals surface area contributed by atoms with Gasteiger partial charge in [0.15, 0.2) is 6.61 Å². The van der Waals surface area contributed by atoms with Crippen molar-refractivity contribution in [3.8, 4) is 5.75 Å². The molecule has 6 nitrogen and oxygen atoms in total. The number of ether oxygens (including phenoxy) is 1. The van der Waals surface area contributed by atoms with Crippen LogP contribution in [0.5, 0.6) is 5.75 Å². The predicted octanol–water partition coefficient (Wildman–Crippen LogP) is 0.417. The molecular formula is C12H13N3O3S. The van der Waals surface area contributed by atoms with Gasteiger partial charge >= 0.3 is 0 Å². The second-order valence-corrected chi connectivity index (χ2v) is 4.85. The third-order valence-electron chi connectivity index (χ3n) is 2.42. The Morgan fingerprint density at radius 1 is 1.47 bits per heavy atom. The number of benzene rings is 1. The van der Waals surface area contributed by atoms with Gasteiger partial charge in [0.25, 0.3) is 11.8 Å². The Balaban J connectivity index is 2.08. The summed E-state index contributed by atoms with van der Waals surface area (Å²) in [6.45, 7) is -0.147. The first-order valence-electron chi connectivity index (χ1n) is 5.56. The number of primary amides is 1. The van der Waals surface area contributed by atoms with Crippen molar-refractivity contribution in [1.29, 1.82) is 0 Å². The van der Waals surface area contributed by atoms with E-state index in [0.717, 1.165) is 10.6 Å². The number of hydrogen-bond donors (Lipinski definition) is 1. The molecule has 0 unspecified atom stereocenters. The fourth-order valence-corrected chi connectivity index (χ4v) is 2.36. The van der Waals surface area contributed by atoms with Gasteiger partial charge in [0.1, 0.15) is 10.8 Å². The molecule has 1 aromatic rings. The number of carbonyl (C=O) groups is 2. The molecule has 0 saturated heterocycles. The lowest BCUT2D eigenvalue weighted by Crippen LogP contribution is -2.29. The van der Waals surface area contributed by atoms with Crippen molar-refractivity contribution >= 4 is 28.6 Å². The molecule has 0 bridgehead atoms. The van der Waals surface area contributed by atoms with E-state index in [4.69, 9.17) is 10.5 Å². The van der Waals surface area contributed by atoms with E-state index in [1.54, 1.807) is 19.2 Å². The van der Waals surface area contributed by atoms with E-state index in [9.17, 15) is 9.59 Å². The van der Waals surface area contributed by atoms with Crippen LogP contribution in [0.2, 0.25) is 0 Å². The first-order chi connectivity index (χ1) is 9.06. The van der Waals surface area contributed by atoms with E-state index in [0.29, 0.717) is 11.5 Å². The molecule has 7 heteroatoms. The maximum Gasteiger partial charge on any atom is 0.255 e. The number of hydrazone groups is 1. The van der Waals surface area contributed by atoms with Gasteiger partial charge in [-0.2, -0.15) is 5.10 Å². The molecule has 1 aromatic carbocycles. The molecule has 1 aliphatic rings. The van der Waals surface area contributed by atoms with Crippen molar-refractivity contribution in [3.05, 3.63) is 29.8 Å². The topological polar surface area (TPSA) is 85.0 Å². The summed E-state index contributed by atoms with van der Waals surface area (Å²) in [7, 11) is 1.63. The lowest BCUT2D eigenvalue weighted by atomic mass is 10.2. The second kappa shape index (κ2) is 5.75. The Hall–Kier alpha value is -2.02. The van der Waals surface area contributed by atoms with Crippen LogP contribution in [-0.4, -0.2) is 41.3 Å². The van der Waals surface area contributed by atoms with Gasteiger partial charge in [-0.05, 0) is 24.3 Å². The van der Waals surface area contributed by atoms with Crippen LogP contribution in [0.15, 0.2) is 29.4 Å². The normalized spacial score (nSPS) is 15.1. The zero-order chi connectivity index (χ0) is 13.8. The number of carbonyl (C=O) groups excluding carboxylic acids is 2. The molecule has 0 spiro atoms. The minimum atomic E-state index is -0.517. The fourth-order valence-electron chi connectivity index (χ4n) is 1.43. The maximum atomic E-state index is 11.3. The van der Waals surface area contributed by atoms with Gasteiger partial charge in [-0.1, -0.05) is 11.8 Å². The largest absolute Gasteiger partial charge is 0.484 e. The number of rotatable bonds is 4. The molecule has 100 valence electrons. The zero-order valence-corrected chi connectivity index (χ0v) is 11.1. The van der Waals surface area contributed by atoms with Gasteiger partial charge < -0.3 is 10.5 Å². The highest BCUT2D eigenvalue weighted by atomic mass is 32.2. The van der Waals surface area contributed by atoms with Gasteiger partial charge in [-0.3, -0.25) is 9.59 Å². The minimum Gasteiger partial charge on any atom is -0.484 e. The van der Waals surface area contributed by atoms with Crippen molar-refractivity contribution in [1.82, 2.24) is 5.01 Å². The van der Waals surface area contributed by atoms with E-state index in [2.05, 4.69) is 5.10 Å². The molecule has 19 heavy (non-hydrogen) atoms. The molecule has 2 amide bonds. The van der Waals surface area contributed by atoms with E-state index in [1.165, 1.54) is 16.8 Å². The molecule has 0 saturated carbocycles. The van der Waals surface area contributed by atoms with Crippen molar-refractivity contribution in [2.45, 2.75) is 0 Å². The fraction of sp³-hybridized carbons (Fsp3) is 0.250. The molecule has 0 fully saturated rings. The van der Waals surface area contributed by atoms with E-state index < -0.39 is 5.91 Å². The number of amides is 2. The summed E-state index contributed by atoms with van der Waals surface area (Å²) in [5, 5.41) is 6.30. The van der Waals surface area contributed by atoms with Crippen LogP contribution >= 0.6 is 11.8 Å². The quantitative estimate of drug-likeness (QED) is 0.865. The van der Waals surface area contributed by atoms with Gasteiger partial charge in [0.05, 0.1) is 5.75 Å². The van der Waals surface area contributed by atoms with E-state index in [1.807, 2.05) is 12.1 Å². The zero-order valence-electron chi connectivity index (χ0n) is 10.3. The average molecular weight is 279 g/mol. The summed E-state index contributed by atoms with van der Waals surface area (Å²) in [6.07, 6.45) is 0. The van der Waals surface area contributed by atoms with Crippen LogP contribution in [-0.2, 0) is 9.59 Å². The van der Waals surface area contributed by atoms with Gasteiger partial charge in [-0.25, -0.2) is 5.01 Å². The highest BCUT2D eigenvalue weighted by molar-refractivity contribution is 8.15. The van der Waals surface area contributed by atoms with Crippen molar-refractivity contribution in [2.24, 2.45) is 10.8 Å². The number of nitrogens with two attached hydrogens (primary N) is 1. The van der Waals surface area contributed by atoms with Crippen LogP contribution in [0.3, 0.4) is 0 Å². The lowest BCUT2D eigenvalue weighted by molar-refractivity contribution is -0.127. The Morgan fingerprint density at radius 2 is 2.16 bits per heavy atom. The molecule has 1 heterocycles. The average Bonchev–Trinajstić information content (AvgIpc) is 2.40. The standard InChI is InChI=1S/C12H13N3O3S/c1-15-11(17)7-19-12(14-15)8-2-4-9(5-3-8)18-6-10(13)16/h2-5H,6-7H2,1H3,(H2,13,16). The monoisotopic (exact) mass is 279 g/mol. The summed E-state index contributed by atoms with van der Waals surface area (Å²) >= 11 is 1.40. The first kappa shape index (κ1) is 13.4. The van der Waals surface area contributed by atoms with Crippen LogP contribution in [0, 0.1) is 0 Å². The highest BCUT2D eigenvalue weighted by Crippen LogP contribution is 2.21. The molecule has 0 aromatic heterocycles. The smallest absolute Gasteiger partial charge is 0.255 e. The lowest BCUT2D eigenvalue weighted by Gasteiger charge is -2.19. The number of nitrogens with zero attached hydrogens (tertiary/aromatic N) is 2. The van der Waals surface area contributed by atoms with Gasteiger partial charge in [0.2, 0.25) is 0 Å². The van der Waals surface area contributed by atoms with Crippen LogP contribution in [0.1, 0.15) is 5.56 Å². The molecule has 0 aliphatic carbocycles. The second-order valence-electron chi connectivity index (χ2n) is 3.89. The molecule has 0 atom stereocenters. The Morgan fingerprint density at radius 3 is 2.74 bits per heavy atom. The Labute approximate surface area is 114 Å². The first-order valence-corrected chi connectivity index (χ1v) is 6.54. The van der Waals surface area contributed by atoms with Crippen LogP contribution in [0.25, 0.3) is 0 Å². The molecule has 0 radical (unpaired) electrons. The predicted molar refractivity (Wildman–Crippen MR) is 72.9 cm³/mol. The number of hydrogen-bond acceptors (Lipinski definition) is 5. The summed E-state index contributed by atoms with van der Waals surface area (Å²) in [4.78, 5) is 21.9. The van der Waals surface area contributed by atoms with E-state index in [-0.39, 0.29) is 12.5 Å². The van der Waals surface area contributed by atoms with Crippen LogP contribution < -0.4 is 10.5 Å². The highest BCUT2D eigenvalue weighted by Gasteiger charge is 2.18. The van der Waals surface area contributed by atoms with Crippen molar-refractivity contribution < 1.29 is 14.3 Å². The van der Waals surface area contributed by atoms with Crippen molar-refractivity contribution in [2.75, 3.05) is 19.4 Å². The molecule has 1 aliphatic heterocycles. The molecular weight excluding hydrogens is 266 g/mol. The summed E-state index contributed by atoms with van der Waals surface area (Å²) in [5.41, 5.74) is 5.89. The van der Waals surface area contributed by atoms with E-state index >= 15 is 0 Å². The molecule has 2 rings (SSSR count). The van der Waals surface area contributed by atoms with Crippen LogP contribution in [0.4, 0.5) is 0 Å². The number of thioether (sulfide) groups is 1. The summed E-state index contributed by atoms with van der Waals surface area (Å²) in [6, 6.07) is 7.12. The SMILES string of the molecule is CN1N=C(c2ccc(OCC(N)=O)cc2)SCC1=O. The summed E-state index contributed by atoms with van der Waals surface area (Å²) < 4.78 is 5.16. The maximum absolute atomic E-state index is 11.3. The summed E-state index contributed by atoms with van der Waals surface area (Å²) in [5.74, 6) is 0.412. The third-order valence-corrected chi connectivity index (χ3v) is 3.40. The Kier molecular flexibility index (Phi) is 4.06. The Bertz CT molecular complexity index is 528. The third kappa shape index (κ3) is 3.47. The van der Waals surface area contributed by atoms with Gasteiger partial charge in [-0.15, -0.1) is 0 Å².